The summed E-state index contributed by atoms with van der Waals surface area (Å²) in [4.78, 5) is 22.7. The van der Waals surface area contributed by atoms with Gasteiger partial charge in [0.1, 0.15) is 5.82 Å². The fraction of sp³-hybridized carbons (Fsp3) is 0.318. The van der Waals surface area contributed by atoms with E-state index in [-0.39, 0.29) is 29.3 Å². The second-order valence-corrected chi connectivity index (χ2v) is 7.84. The van der Waals surface area contributed by atoms with Crippen molar-refractivity contribution in [3.8, 4) is 0 Å². The summed E-state index contributed by atoms with van der Waals surface area (Å²) < 4.78 is 39.5. The summed E-state index contributed by atoms with van der Waals surface area (Å²) in [6.07, 6.45) is -2.78. The van der Waals surface area contributed by atoms with Gasteiger partial charge in [0.2, 0.25) is 11.9 Å². The lowest BCUT2D eigenvalue weighted by atomic mass is 10.0. The molecule has 32 heavy (non-hydrogen) atoms. The highest BCUT2D eigenvalue weighted by atomic mass is 19.4. The number of aromatic nitrogens is 2. The molecule has 4 rings (SSSR count). The molecular formula is C22H23F3N6O. The van der Waals surface area contributed by atoms with Crippen LogP contribution in [0.5, 0.6) is 0 Å². The van der Waals surface area contributed by atoms with Crippen LogP contribution in [0.3, 0.4) is 0 Å². The number of carbonyl (C=O) groups excluding carboxylic acids is 1. The van der Waals surface area contributed by atoms with Crippen LogP contribution in [0.25, 0.3) is 10.9 Å². The van der Waals surface area contributed by atoms with Crippen LogP contribution in [-0.2, 0) is 11.0 Å². The van der Waals surface area contributed by atoms with Gasteiger partial charge in [-0.25, -0.2) is 4.98 Å². The number of rotatable bonds is 4. The van der Waals surface area contributed by atoms with Crippen LogP contribution in [0.2, 0.25) is 0 Å². The first-order chi connectivity index (χ1) is 15.2. The van der Waals surface area contributed by atoms with Crippen molar-refractivity contribution in [2.45, 2.75) is 32.0 Å². The number of hydrogen-bond donors (Lipinski definition) is 3. The van der Waals surface area contributed by atoms with E-state index in [2.05, 4.69) is 25.5 Å². The lowest BCUT2D eigenvalue weighted by Crippen LogP contribution is -2.47. The summed E-state index contributed by atoms with van der Waals surface area (Å²) in [6.45, 7) is 2.81. The molecule has 1 unspecified atom stereocenters. The summed E-state index contributed by atoms with van der Waals surface area (Å²) in [5.74, 6) is 0.737. The molecule has 1 aromatic heterocycles. The van der Waals surface area contributed by atoms with E-state index in [0.29, 0.717) is 17.9 Å². The van der Waals surface area contributed by atoms with E-state index in [1.54, 1.807) is 0 Å². The van der Waals surface area contributed by atoms with Gasteiger partial charge in [-0.2, -0.15) is 18.2 Å². The first kappa shape index (κ1) is 21.7. The highest BCUT2D eigenvalue weighted by molar-refractivity contribution is 5.91. The van der Waals surface area contributed by atoms with Crippen molar-refractivity contribution in [1.29, 1.82) is 0 Å². The Morgan fingerprint density at radius 2 is 1.97 bits per heavy atom. The highest BCUT2D eigenvalue weighted by Gasteiger charge is 2.31. The lowest BCUT2D eigenvalue weighted by Gasteiger charge is -2.34. The van der Waals surface area contributed by atoms with Gasteiger partial charge < -0.3 is 21.3 Å². The van der Waals surface area contributed by atoms with Crippen LogP contribution in [0, 0.1) is 0 Å². The van der Waals surface area contributed by atoms with Crippen molar-refractivity contribution in [2.24, 2.45) is 0 Å². The Hall–Kier alpha value is -3.56. The molecule has 2 heterocycles. The summed E-state index contributed by atoms with van der Waals surface area (Å²) in [5.41, 5.74) is 5.61. The summed E-state index contributed by atoms with van der Waals surface area (Å²) >= 11 is 0. The van der Waals surface area contributed by atoms with Gasteiger partial charge in [0.15, 0.2) is 0 Å². The molecule has 1 fully saturated rings. The van der Waals surface area contributed by atoms with Gasteiger partial charge in [0.05, 0.1) is 11.1 Å². The Labute approximate surface area is 182 Å². The molecule has 168 valence electrons. The zero-order valence-corrected chi connectivity index (χ0v) is 17.4. The van der Waals surface area contributed by atoms with E-state index in [1.807, 2.05) is 24.3 Å². The van der Waals surface area contributed by atoms with Gasteiger partial charge in [0.25, 0.3) is 0 Å². The van der Waals surface area contributed by atoms with Crippen molar-refractivity contribution >= 4 is 40.0 Å². The van der Waals surface area contributed by atoms with Crippen LogP contribution in [0.1, 0.15) is 25.3 Å². The maximum atomic E-state index is 13.2. The number of benzene rings is 2. The highest BCUT2D eigenvalue weighted by Crippen LogP contribution is 2.34. The Bertz CT molecular complexity index is 1150. The number of nitrogens with two attached hydrogens (primary N) is 1. The molecule has 3 aromatic rings. The van der Waals surface area contributed by atoms with Gasteiger partial charge >= 0.3 is 6.18 Å². The van der Waals surface area contributed by atoms with E-state index in [9.17, 15) is 18.0 Å². The molecule has 7 nitrogen and oxygen atoms in total. The number of nitrogens with zero attached hydrogens (tertiary/aromatic N) is 3. The van der Waals surface area contributed by atoms with Crippen molar-refractivity contribution in [2.75, 3.05) is 29.0 Å². The maximum absolute atomic E-state index is 13.2. The van der Waals surface area contributed by atoms with Crippen LogP contribution >= 0.6 is 0 Å². The molecule has 1 aliphatic heterocycles. The molecule has 1 atom stereocenters. The molecule has 0 radical (unpaired) electrons. The maximum Gasteiger partial charge on any atom is 0.416 e. The number of piperidine rings is 1. The predicted molar refractivity (Wildman–Crippen MR) is 118 cm³/mol. The predicted octanol–water partition coefficient (Wildman–Crippen LogP) is 4.08. The van der Waals surface area contributed by atoms with E-state index in [0.717, 1.165) is 36.9 Å². The third-order valence-electron chi connectivity index (χ3n) is 5.25. The topological polar surface area (TPSA) is 96.2 Å². The molecule has 0 saturated carbocycles. The molecule has 0 bridgehead atoms. The Morgan fingerprint density at radius 1 is 1.19 bits per heavy atom. The number of alkyl halides is 3. The second-order valence-electron chi connectivity index (χ2n) is 7.84. The fourth-order valence-corrected chi connectivity index (χ4v) is 3.95. The largest absolute Gasteiger partial charge is 0.416 e. The van der Waals surface area contributed by atoms with Gasteiger partial charge in [-0.05, 0) is 43.2 Å². The van der Waals surface area contributed by atoms with E-state index in [1.165, 1.54) is 13.0 Å². The first-order valence-electron chi connectivity index (χ1n) is 10.2. The third kappa shape index (κ3) is 4.84. The molecule has 4 N–H and O–H groups in total. The molecular weight excluding hydrogens is 421 g/mol. The average molecular weight is 444 g/mol. The van der Waals surface area contributed by atoms with Gasteiger partial charge in [-0.3, -0.25) is 4.79 Å². The lowest BCUT2D eigenvalue weighted by molar-refractivity contribution is -0.137. The quantitative estimate of drug-likeness (QED) is 0.525. The molecule has 0 aliphatic carbocycles. The number of halogens is 3. The molecule has 2 aromatic carbocycles. The molecule has 1 saturated heterocycles. The van der Waals surface area contributed by atoms with Crippen LogP contribution in [0.4, 0.5) is 36.3 Å². The Kier molecular flexibility index (Phi) is 5.77. The molecule has 1 amide bonds. The minimum Gasteiger partial charge on any atom is -0.399 e. The zero-order chi connectivity index (χ0) is 22.9. The van der Waals surface area contributed by atoms with E-state index in [4.69, 9.17) is 5.73 Å². The summed E-state index contributed by atoms with van der Waals surface area (Å²) in [6, 6.07) is 10.7. The normalized spacial score (nSPS) is 16.8. The zero-order valence-electron chi connectivity index (χ0n) is 17.4. The van der Waals surface area contributed by atoms with Gasteiger partial charge in [-0.15, -0.1) is 0 Å². The minimum absolute atomic E-state index is 0.00495. The standard InChI is InChI=1S/C22H23F3N6O/c1-13(32)27-16-5-4-8-31(12-16)20-18-6-2-3-7-19(18)29-21(30-20)28-17-10-14(22(23,24)25)9-15(26)11-17/h2-3,6-7,9-11,16H,4-5,8,12,26H2,1H3,(H,27,32)(H,28,29,30). The summed E-state index contributed by atoms with van der Waals surface area (Å²) in [5, 5.41) is 6.65. The van der Waals surface area contributed by atoms with Crippen molar-refractivity contribution in [1.82, 2.24) is 15.3 Å². The van der Waals surface area contributed by atoms with Crippen LogP contribution in [-0.4, -0.2) is 35.0 Å². The number of fused-ring (bicyclic) bond motifs is 1. The fourth-order valence-electron chi connectivity index (χ4n) is 3.95. The Balaban J connectivity index is 1.70. The number of hydrogen-bond acceptors (Lipinski definition) is 6. The number of para-hydroxylation sites is 1. The van der Waals surface area contributed by atoms with E-state index >= 15 is 0 Å². The molecule has 0 spiro atoms. The molecule has 10 heteroatoms. The number of amides is 1. The monoisotopic (exact) mass is 444 g/mol. The average Bonchev–Trinajstić information content (AvgIpc) is 2.72. The van der Waals surface area contributed by atoms with Crippen LogP contribution < -0.4 is 21.3 Å². The van der Waals surface area contributed by atoms with Gasteiger partial charge in [0, 0.05) is 42.8 Å². The Morgan fingerprint density at radius 3 is 2.72 bits per heavy atom. The van der Waals surface area contributed by atoms with E-state index < -0.39 is 11.7 Å². The second kappa shape index (κ2) is 8.52. The molecule has 1 aliphatic rings. The van der Waals surface area contributed by atoms with Crippen LogP contribution in [0.15, 0.2) is 42.5 Å². The van der Waals surface area contributed by atoms with Crippen molar-refractivity contribution in [3.63, 3.8) is 0 Å². The van der Waals surface area contributed by atoms with Crippen molar-refractivity contribution < 1.29 is 18.0 Å². The number of nitrogens with one attached hydrogen (secondary N) is 2. The number of anilines is 4. The first-order valence-corrected chi connectivity index (χ1v) is 10.2. The SMILES string of the molecule is CC(=O)NC1CCCN(c2nc(Nc3cc(N)cc(C(F)(F)F)c3)nc3ccccc23)C1. The number of carbonyl (C=O) groups is 1. The van der Waals surface area contributed by atoms with Gasteiger partial charge in [-0.1, -0.05) is 12.1 Å². The minimum atomic E-state index is -4.52. The van der Waals surface area contributed by atoms with Crippen molar-refractivity contribution in [3.05, 3.63) is 48.0 Å². The smallest absolute Gasteiger partial charge is 0.399 e. The third-order valence-corrected chi connectivity index (χ3v) is 5.25. The number of nitrogen functional groups attached to an aromatic ring is 1. The summed E-state index contributed by atoms with van der Waals surface area (Å²) in [7, 11) is 0.